The van der Waals surface area contributed by atoms with Gasteiger partial charge in [0, 0.05) is 48.7 Å². The zero-order valence-corrected chi connectivity index (χ0v) is 19.9. The number of hydrogen-bond acceptors (Lipinski definition) is 7. The molecule has 1 aliphatic rings. The van der Waals surface area contributed by atoms with Crippen LogP contribution in [0.2, 0.25) is 0 Å². The second-order valence-corrected chi connectivity index (χ2v) is 9.15. The fourth-order valence-corrected chi connectivity index (χ4v) is 4.71. The molecule has 0 radical (unpaired) electrons. The molecule has 2 aromatic carbocycles. The van der Waals surface area contributed by atoms with Crippen molar-refractivity contribution >= 4 is 5.82 Å². The van der Waals surface area contributed by atoms with Crippen LogP contribution in [0, 0.1) is 0 Å². The lowest BCUT2D eigenvalue weighted by Crippen LogP contribution is -2.34. The molecule has 0 saturated carbocycles. The van der Waals surface area contributed by atoms with Gasteiger partial charge in [-0.25, -0.2) is 4.98 Å². The van der Waals surface area contributed by atoms with Gasteiger partial charge in [-0.3, -0.25) is 9.58 Å². The van der Waals surface area contributed by atoms with E-state index in [-0.39, 0.29) is 0 Å². The van der Waals surface area contributed by atoms with Gasteiger partial charge in [0.1, 0.15) is 5.82 Å². The summed E-state index contributed by atoms with van der Waals surface area (Å²) < 4.78 is 7.61. The molecule has 8 nitrogen and oxygen atoms in total. The first-order chi connectivity index (χ1) is 17.7. The zero-order chi connectivity index (χ0) is 24.3. The van der Waals surface area contributed by atoms with Crippen molar-refractivity contribution in [1.29, 1.82) is 0 Å². The van der Waals surface area contributed by atoms with E-state index in [1.165, 1.54) is 5.56 Å². The maximum absolute atomic E-state index is 6.17. The number of nitrogens with zero attached hydrogens (tertiary/aromatic N) is 6. The summed E-state index contributed by atoms with van der Waals surface area (Å²) in [6, 6.07) is 22.7. The van der Waals surface area contributed by atoms with E-state index in [0.29, 0.717) is 29.1 Å². The number of pyridine rings is 1. The quantitative estimate of drug-likeness (QED) is 0.364. The molecule has 5 aromatic rings. The van der Waals surface area contributed by atoms with Gasteiger partial charge in [-0.05, 0) is 24.5 Å². The summed E-state index contributed by atoms with van der Waals surface area (Å²) in [7, 11) is 0. The van der Waals surface area contributed by atoms with Crippen LogP contribution in [0.25, 0.3) is 34.0 Å². The van der Waals surface area contributed by atoms with E-state index in [4.69, 9.17) is 10.3 Å². The molecule has 0 unspecified atom stereocenters. The SMILES string of the molecule is Nc1ncc(-c2cnn(C3CCN(Cc4ccccc4)CC3)c2)cc1-c1nc(-c2ccccc2)no1. The van der Waals surface area contributed by atoms with E-state index in [1.807, 2.05) is 42.6 Å². The van der Waals surface area contributed by atoms with Gasteiger partial charge in [-0.15, -0.1) is 0 Å². The van der Waals surface area contributed by atoms with Crippen LogP contribution in [0.1, 0.15) is 24.4 Å². The lowest BCUT2D eigenvalue weighted by molar-refractivity contribution is 0.173. The molecule has 4 heterocycles. The smallest absolute Gasteiger partial charge is 0.262 e. The Kier molecular flexibility index (Phi) is 6.01. The van der Waals surface area contributed by atoms with Crippen LogP contribution in [-0.4, -0.2) is 42.9 Å². The van der Waals surface area contributed by atoms with Gasteiger partial charge in [0.25, 0.3) is 5.89 Å². The molecule has 1 saturated heterocycles. The Morgan fingerprint density at radius 3 is 2.42 bits per heavy atom. The highest BCUT2D eigenvalue weighted by Gasteiger charge is 2.22. The molecule has 3 aromatic heterocycles. The Hall–Kier alpha value is -4.30. The van der Waals surface area contributed by atoms with Gasteiger partial charge < -0.3 is 10.3 Å². The fourth-order valence-electron chi connectivity index (χ4n) is 4.71. The second-order valence-electron chi connectivity index (χ2n) is 9.15. The predicted molar refractivity (Wildman–Crippen MR) is 139 cm³/mol. The number of rotatable bonds is 6. The highest BCUT2D eigenvalue weighted by Crippen LogP contribution is 2.31. The summed E-state index contributed by atoms with van der Waals surface area (Å²) in [6.45, 7) is 3.12. The van der Waals surface area contributed by atoms with Crippen molar-refractivity contribution in [1.82, 2.24) is 29.8 Å². The number of aromatic nitrogens is 5. The zero-order valence-electron chi connectivity index (χ0n) is 19.9. The average Bonchev–Trinajstić information content (AvgIpc) is 3.62. The lowest BCUT2D eigenvalue weighted by atomic mass is 10.0. The Balaban J connectivity index is 1.16. The maximum Gasteiger partial charge on any atom is 0.262 e. The van der Waals surface area contributed by atoms with Crippen LogP contribution in [0.15, 0.2) is 89.8 Å². The standard InChI is InChI=1S/C28H27N7O/c29-26-25(28-32-27(33-36-28)21-9-5-2-6-10-21)15-22(16-30-26)23-17-31-35(19-23)24-11-13-34(14-12-24)18-20-7-3-1-4-8-20/h1-10,15-17,19,24H,11-14,18H2,(H2,29,30). The Morgan fingerprint density at radius 2 is 1.64 bits per heavy atom. The van der Waals surface area contributed by atoms with Gasteiger partial charge in [-0.2, -0.15) is 10.1 Å². The molecular weight excluding hydrogens is 450 g/mol. The van der Waals surface area contributed by atoms with Crippen LogP contribution in [0.3, 0.4) is 0 Å². The van der Waals surface area contributed by atoms with Crippen LogP contribution < -0.4 is 5.73 Å². The van der Waals surface area contributed by atoms with Crippen molar-refractivity contribution < 1.29 is 4.52 Å². The van der Waals surface area contributed by atoms with Crippen LogP contribution in [-0.2, 0) is 6.54 Å². The predicted octanol–water partition coefficient (Wildman–Crippen LogP) is 5.08. The molecule has 0 spiro atoms. The van der Waals surface area contributed by atoms with Gasteiger partial charge in [0.2, 0.25) is 5.82 Å². The van der Waals surface area contributed by atoms with Gasteiger partial charge in [-0.1, -0.05) is 65.8 Å². The van der Waals surface area contributed by atoms with Gasteiger partial charge in [0.15, 0.2) is 0 Å². The van der Waals surface area contributed by atoms with Crippen molar-refractivity contribution in [2.45, 2.75) is 25.4 Å². The number of nitrogen functional groups attached to an aromatic ring is 1. The molecule has 0 aliphatic carbocycles. The van der Waals surface area contributed by atoms with Crippen LogP contribution in [0.4, 0.5) is 5.82 Å². The van der Waals surface area contributed by atoms with Gasteiger partial charge >= 0.3 is 0 Å². The second kappa shape index (κ2) is 9.75. The first kappa shape index (κ1) is 22.2. The number of piperidine rings is 1. The van der Waals surface area contributed by atoms with E-state index in [9.17, 15) is 0 Å². The Bertz CT molecular complexity index is 1440. The molecule has 36 heavy (non-hydrogen) atoms. The molecule has 1 fully saturated rings. The highest BCUT2D eigenvalue weighted by atomic mass is 16.5. The minimum absolute atomic E-state index is 0.346. The molecule has 0 atom stereocenters. The number of nitrogens with two attached hydrogens (primary N) is 1. The Morgan fingerprint density at radius 1 is 0.889 bits per heavy atom. The van der Waals surface area contributed by atoms with E-state index in [2.05, 4.69) is 66.3 Å². The minimum Gasteiger partial charge on any atom is -0.383 e. The summed E-state index contributed by atoms with van der Waals surface area (Å²) >= 11 is 0. The van der Waals surface area contributed by atoms with Crippen molar-refractivity contribution in [3.63, 3.8) is 0 Å². The largest absolute Gasteiger partial charge is 0.383 e. The molecule has 1 aliphatic heterocycles. The number of anilines is 1. The summed E-state index contributed by atoms with van der Waals surface area (Å²) in [6.07, 6.45) is 7.89. The van der Waals surface area contributed by atoms with E-state index >= 15 is 0 Å². The molecule has 0 bridgehead atoms. The summed E-state index contributed by atoms with van der Waals surface area (Å²) in [5.74, 6) is 1.21. The third-order valence-corrected chi connectivity index (χ3v) is 6.72. The third kappa shape index (κ3) is 4.63. The molecular formula is C28H27N7O. The number of likely N-dealkylation sites (tertiary alicyclic amines) is 1. The third-order valence-electron chi connectivity index (χ3n) is 6.72. The first-order valence-electron chi connectivity index (χ1n) is 12.2. The van der Waals surface area contributed by atoms with Crippen molar-refractivity contribution in [3.8, 4) is 34.0 Å². The van der Waals surface area contributed by atoms with Crippen molar-refractivity contribution in [2.75, 3.05) is 18.8 Å². The molecule has 6 rings (SSSR count). The van der Waals surface area contributed by atoms with Crippen LogP contribution >= 0.6 is 0 Å². The van der Waals surface area contributed by atoms with E-state index in [0.717, 1.165) is 49.2 Å². The number of hydrogen-bond donors (Lipinski definition) is 1. The molecule has 180 valence electrons. The lowest BCUT2D eigenvalue weighted by Gasteiger charge is -2.32. The number of benzene rings is 2. The first-order valence-corrected chi connectivity index (χ1v) is 12.2. The Labute approximate surface area is 209 Å². The summed E-state index contributed by atoms with van der Waals surface area (Å²) in [5, 5.41) is 8.80. The normalized spacial score (nSPS) is 14.8. The van der Waals surface area contributed by atoms with Crippen LogP contribution in [0.5, 0.6) is 0 Å². The molecule has 8 heteroatoms. The van der Waals surface area contributed by atoms with Crippen molar-refractivity contribution in [2.24, 2.45) is 0 Å². The van der Waals surface area contributed by atoms with Crippen molar-refractivity contribution in [3.05, 3.63) is 90.9 Å². The summed E-state index contributed by atoms with van der Waals surface area (Å²) in [4.78, 5) is 11.4. The monoisotopic (exact) mass is 477 g/mol. The topological polar surface area (TPSA) is 98.9 Å². The van der Waals surface area contributed by atoms with E-state index < -0.39 is 0 Å². The average molecular weight is 478 g/mol. The summed E-state index contributed by atoms with van der Waals surface area (Å²) in [5.41, 5.74) is 10.9. The molecule has 0 amide bonds. The highest BCUT2D eigenvalue weighted by molar-refractivity contribution is 5.75. The molecule has 2 N–H and O–H groups in total. The maximum atomic E-state index is 6.17. The van der Waals surface area contributed by atoms with Gasteiger partial charge in [0.05, 0.1) is 17.8 Å². The minimum atomic E-state index is 0.346. The fraction of sp³-hybridized carbons (Fsp3) is 0.214. The van der Waals surface area contributed by atoms with E-state index in [1.54, 1.807) is 6.20 Å².